The summed E-state index contributed by atoms with van der Waals surface area (Å²) in [5.74, 6) is 1.54. The van der Waals surface area contributed by atoms with Crippen LogP contribution in [0.5, 0.6) is 0 Å². The normalized spacial score (nSPS) is 36.7. The summed E-state index contributed by atoms with van der Waals surface area (Å²) in [6.07, 6.45) is 11.7. The van der Waals surface area contributed by atoms with E-state index in [2.05, 4.69) is 9.80 Å². The standard InChI is InChI=1S/C20H32N2O2/c23-19(21-11-3-1-4-12-21)17-15-7-9-16(10-8-15)18(17)20(24)22-13-5-2-6-14-22/h15-18H,1-14H2/t15?,16?,17-,18-/m1/s1. The van der Waals surface area contributed by atoms with Gasteiger partial charge in [-0.3, -0.25) is 9.59 Å². The fourth-order valence-corrected chi connectivity index (χ4v) is 5.81. The van der Waals surface area contributed by atoms with Crippen LogP contribution in [-0.2, 0) is 9.59 Å². The van der Waals surface area contributed by atoms with E-state index in [0.717, 1.165) is 51.9 Å². The SMILES string of the molecule is O=C([C@@H]1C2CCC(CC2)[C@H]1C(=O)N1CCCCC1)N1CCCCC1. The van der Waals surface area contributed by atoms with Crippen LogP contribution in [0.15, 0.2) is 0 Å². The third kappa shape index (κ3) is 2.97. The summed E-state index contributed by atoms with van der Waals surface area (Å²) in [4.78, 5) is 30.8. The Bertz CT molecular complexity index is 428. The van der Waals surface area contributed by atoms with E-state index in [1.165, 1.54) is 38.5 Å². The van der Waals surface area contributed by atoms with Crippen LogP contribution in [0.1, 0.15) is 64.2 Å². The summed E-state index contributed by atoms with van der Waals surface area (Å²) < 4.78 is 0. The summed E-state index contributed by atoms with van der Waals surface area (Å²) in [5.41, 5.74) is 0. The number of hydrogen-bond acceptors (Lipinski definition) is 2. The Balaban J connectivity index is 1.54. The molecule has 24 heavy (non-hydrogen) atoms. The lowest BCUT2D eigenvalue weighted by atomic mass is 9.57. The first-order valence-electron chi connectivity index (χ1n) is 10.3. The van der Waals surface area contributed by atoms with Gasteiger partial charge in [0, 0.05) is 26.2 Å². The number of carbonyl (C=O) groups excluding carboxylic acids is 2. The molecule has 4 heteroatoms. The molecule has 0 aromatic rings. The molecule has 5 fully saturated rings. The molecule has 5 rings (SSSR count). The molecule has 2 amide bonds. The van der Waals surface area contributed by atoms with E-state index in [1.54, 1.807) is 0 Å². The third-order valence-corrected chi connectivity index (χ3v) is 7.12. The van der Waals surface area contributed by atoms with E-state index in [1.807, 2.05) is 0 Å². The van der Waals surface area contributed by atoms with Crippen LogP contribution in [0, 0.1) is 23.7 Å². The summed E-state index contributed by atoms with van der Waals surface area (Å²) in [5, 5.41) is 0. The molecule has 134 valence electrons. The minimum absolute atomic E-state index is 0.00923. The zero-order chi connectivity index (χ0) is 16.5. The molecule has 0 aromatic heterocycles. The van der Waals surface area contributed by atoms with Crippen LogP contribution in [0.3, 0.4) is 0 Å². The molecule has 0 radical (unpaired) electrons. The van der Waals surface area contributed by atoms with Crippen molar-refractivity contribution in [2.45, 2.75) is 64.2 Å². The van der Waals surface area contributed by atoms with Crippen LogP contribution >= 0.6 is 0 Å². The summed E-state index contributed by atoms with van der Waals surface area (Å²) in [6.45, 7) is 3.66. The van der Waals surface area contributed by atoms with Crippen molar-refractivity contribution in [1.82, 2.24) is 9.80 Å². The molecule has 0 aromatic carbocycles. The number of rotatable bonds is 2. The van der Waals surface area contributed by atoms with Gasteiger partial charge in [-0.05, 0) is 76.0 Å². The predicted molar refractivity (Wildman–Crippen MR) is 93.3 cm³/mol. The van der Waals surface area contributed by atoms with Gasteiger partial charge >= 0.3 is 0 Å². The van der Waals surface area contributed by atoms with E-state index >= 15 is 0 Å². The van der Waals surface area contributed by atoms with Gasteiger partial charge in [-0.2, -0.15) is 0 Å². The number of likely N-dealkylation sites (tertiary alicyclic amines) is 2. The van der Waals surface area contributed by atoms with Gasteiger partial charge in [-0.1, -0.05) is 0 Å². The quantitative estimate of drug-likeness (QED) is 0.780. The Morgan fingerprint density at radius 3 is 1.21 bits per heavy atom. The first-order valence-corrected chi connectivity index (χ1v) is 10.3. The van der Waals surface area contributed by atoms with Crippen molar-refractivity contribution in [3.8, 4) is 0 Å². The highest BCUT2D eigenvalue weighted by Gasteiger charge is 2.52. The van der Waals surface area contributed by atoms with E-state index < -0.39 is 0 Å². The number of piperidine rings is 2. The lowest BCUT2D eigenvalue weighted by molar-refractivity contribution is -0.159. The lowest BCUT2D eigenvalue weighted by Gasteiger charge is -2.49. The molecule has 0 spiro atoms. The highest BCUT2D eigenvalue weighted by molar-refractivity contribution is 5.89. The van der Waals surface area contributed by atoms with Gasteiger partial charge in [0.15, 0.2) is 0 Å². The first-order chi connectivity index (χ1) is 11.8. The number of fused-ring (bicyclic) bond motifs is 3. The van der Waals surface area contributed by atoms with Crippen molar-refractivity contribution in [3.63, 3.8) is 0 Å². The van der Waals surface area contributed by atoms with Gasteiger partial charge in [0.2, 0.25) is 11.8 Å². The van der Waals surface area contributed by atoms with Crippen molar-refractivity contribution in [1.29, 1.82) is 0 Å². The van der Waals surface area contributed by atoms with Gasteiger partial charge in [0.1, 0.15) is 0 Å². The number of nitrogens with zero attached hydrogens (tertiary/aromatic N) is 2. The Morgan fingerprint density at radius 2 is 0.875 bits per heavy atom. The number of carbonyl (C=O) groups is 2. The number of hydrogen-bond donors (Lipinski definition) is 0. The molecule has 0 unspecified atom stereocenters. The van der Waals surface area contributed by atoms with Crippen LogP contribution in [0.4, 0.5) is 0 Å². The Hall–Kier alpha value is -1.06. The van der Waals surface area contributed by atoms with Crippen molar-refractivity contribution < 1.29 is 9.59 Å². The predicted octanol–water partition coefficient (Wildman–Crippen LogP) is 3.06. The van der Waals surface area contributed by atoms with Crippen LogP contribution < -0.4 is 0 Å². The van der Waals surface area contributed by atoms with Crippen molar-refractivity contribution >= 4 is 11.8 Å². The molecule has 2 saturated heterocycles. The van der Waals surface area contributed by atoms with E-state index in [9.17, 15) is 9.59 Å². The maximum Gasteiger partial charge on any atom is 0.226 e. The van der Waals surface area contributed by atoms with Crippen molar-refractivity contribution in [2.24, 2.45) is 23.7 Å². The average molecular weight is 332 g/mol. The molecule has 2 bridgehead atoms. The molecule has 4 nitrogen and oxygen atoms in total. The smallest absolute Gasteiger partial charge is 0.226 e. The maximum absolute atomic E-state index is 13.3. The largest absolute Gasteiger partial charge is 0.342 e. The van der Waals surface area contributed by atoms with Gasteiger partial charge < -0.3 is 9.80 Å². The molecule has 5 aliphatic rings. The summed E-state index contributed by atoms with van der Waals surface area (Å²) >= 11 is 0. The van der Waals surface area contributed by atoms with Gasteiger partial charge in [0.05, 0.1) is 11.8 Å². The highest BCUT2D eigenvalue weighted by atomic mass is 16.2. The fourth-order valence-electron chi connectivity index (χ4n) is 5.81. The Morgan fingerprint density at radius 1 is 0.542 bits per heavy atom. The van der Waals surface area contributed by atoms with Crippen LogP contribution in [0.2, 0.25) is 0 Å². The minimum Gasteiger partial charge on any atom is -0.342 e. The first kappa shape index (κ1) is 16.4. The minimum atomic E-state index is -0.00923. The Kier molecular flexibility index (Phi) is 4.82. The highest BCUT2D eigenvalue weighted by Crippen LogP contribution is 2.50. The second-order valence-corrected chi connectivity index (χ2v) is 8.50. The van der Waals surface area contributed by atoms with Crippen molar-refractivity contribution in [2.75, 3.05) is 26.2 Å². The molecule has 0 N–H and O–H groups in total. The summed E-state index contributed by atoms with van der Waals surface area (Å²) in [7, 11) is 0. The van der Waals surface area contributed by atoms with Crippen LogP contribution in [0.25, 0.3) is 0 Å². The second kappa shape index (κ2) is 7.05. The topological polar surface area (TPSA) is 40.6 Å². The third-order valence-electron chi connectivity index (χ3n) is 7.12. The van der Waals surface area contributed by atoms with E-state index in [-0.39, 0.29) is 11.8 Å². The Labute approximate surface area is 145 Å². The molecule has 2 aliphatic heterocycles. The molecule has 2 heterocycles. The molecule has 3 aliphatic carbocycles. The van der Waals surface area contributed by atoms with Crippen molar-refractivity contribution in [3.05, 3.63) is 0 Å². The second-order valence-electron chi connectivity index (χ2n) is 8.50. The lowest BCUT2D eigenvalue weighted by Crippen LogP contribution is -2.55. The summed E-state index contributed by atoms with van der Waals surface area (Å²) in [6, 6.07) is 0. The van der Waals surface area contributed by atoms with E-state index in [4.69, 9.17) is 0 Å². The van der Waals surface area contributed by atoms with Gasteiger partial charge in [-0.25, -0.2) is 0 Å². The molecular formula is C20H32N2O2. The zero-order valence-corrected chi connectivity index (χ0v) is 14.9. The molecular weight excluding hydrogens is 300 g/mol. The maximum atomic E-state index is 13.3. The average Bonchev–Trinajstić information content (AvgIpc) is 2.68. The molecule has 2 atom stereocenters. The van der Waals surface area contributed by atoms with Gasteiger partial charge in [-0.15, -0.1) is 0 Å². The van der Waals surface area contributed by atoms with Gasteiger partial charge in [0.25, 0.3) is 0 Å². The molecule has 3 saturated carbocycles. The monoisotopic (exact) mass is 332 g/mol. The van der Waals surface area contributed by atoms with E-state index in [0.29, 0.717) is 23.7 Å². The number of amides is 2. The zero-order valence-electron chi connectivity index (χ0n) is 14.9. The fraction of sp³-hybridized carbons (Fsp3) is 0.900. The van der Waals surface area contributed by atoms with Crippen LogP contribution in [-0.4, -0.2) is 47.8 Å².